The third-order valence-electron chi connectivity index (χ3n) is 2.82. The van der Waals surface area contributed by atoms with Gasteiger partial charge in [0.25, 0.3) is 0 Å². The predicted molar refractivity (Wildman–Crippen MR) is 87.4 cm³/mol. The Morgan fingerprint density at radius 1 is 1.32 bits per heavy atom. The highest BCUT2D eigenvalue weighted by Crippen LogP contribution is 2.24. The largest absolute Gasteiger partial charge is 0.325 e. The van der Waals surface area contributed by atoms with Crippen LogP contribution >= 0.6 is 23.4 Å². The molecule has 3 nitrogen and oxygen atoms in total. The smallest absolute Gasteiger partial charge is 0.234 e. The zero-order chi connectivity index (χ0) is 15.9. The van der Waals surface area contributed by atoms with E-state index in [9.17, 15) is 9.18 Å². The van der Waals surface area contributed by atoms with Crippen molar-refractivity contribution in [3.8, 4) is 6.07 Å². The first-order chi connectivity index (χ1) is 10.6. The van der Waals surface area contributed by atoms with Gasteiger partial charge in [0.05, 0.1) is 17.4 Å². The Labute approximate surface area is 137 Å². The Morgan fingerprint density at radius 2 is 2.09 bits per heavy atom. The van der Waals surface area contributed by atoms with Crippen molar-refractivity contribution >= 4 is 35.0 Å². The molecule has 0 atom stereocenters. The van der Waals surface area contributed by atoms with Gasteiger partial charge in [0, 0.05) is 22.0 Å². The van der Waals surface area contributed by atoms with E-state index >= 15 is 0 Å². The predicted octanol–water partition coefficient (Wildman–Crippen LogP) is 4.22. The Bertz CT molecular complexity index is 710. The molecule has 1 N–H and O–H groups in total. The van der Waals surface area contributed by atoms with Crippen LogP contribution in [0.4, 0.5) is 10.1 Å². The van der Waals surface area contributed by atoms with Gasteiger partial charge in [-0.2, -0.15) is 5.26 Å². The van der Waals surface area contributed by atoms with Gasteiger partial charge >= 0.3 is 0 Å². The van der Waals surface area contributed by atoms with E-state index in [1.807, 2.05) is 6.07 Å². The van der Waals surface area contributed by atoms with Crippen molar-refractivity contribution in [3.63, 3.8) is 0 Å². The molecule has 0 aliphatic carbocycles. The molecule has 2 aromatic carbocycles. The van der Waals surface area contributed by atoms with E-state index < -0.39 is 0 Å². The van der Waals surface area contributed by atoms with Gasteiger partial charge < -0.3 is 5.32 Å². The number of thioether (sulfide) groups is 1. The van der Waals surface area contributed by atoms with E-state index in [0.717, 1.165) is 0 Å². The van der Waals surface area contributed by atoms with Crippen LogP contribution in [0.2, 0.25) is 5.02 Å². The second-order valence-electron chi connectivity index (χ2n) is 4.43. The lowest BCUT2D eigenvalue weighted by Gasteiger charge is -2.07. The van der Waals surface area contributed by atoms with Gasteiger partial charge in [-0.25, -0.2) is 4.39 Å². The fraction of sp³-hybridized carbons (Fsp3) is 0.125. The molecule has 0 bridgehead atoms. The third kappa shape index (κ3) is 4.48. The van der Waals surface area contributed by atoms with Crippen LogP contribution < -0.4 is 5.32 Å². The Balaban J connectivity index is 1.87. The molecular formula is C16H12ClFN2OS. The lowest BCUT2D eigenvalue weighted by molar-refractivity contribution is -0.113. The van der Waals surface area contributed by atoms with Gasteiger partial charge in [-0.1, -0.05) is 23.7 Å². The van der Waals surface area contributed by atoms with Crippen LogP contribution in [0.1, 0.15) is 11.1 Å². The number of carbonyl (C=O) groups excluding carboxylic acids is 1. The number of amides is 1. The van der Waals surface area contributed by atoms with Crippen molar-refractivity contribution in [2.45, 2.75) is 5.75 Å². The fourth-order valence-electron chi connectivity index (χ4n) is 1.78. The lowest BCUT2D eigenvalue weighted by Crippen LogP contribution is -2.14. The van der Waals surface area contributed by atoms with Crippen molar-refractivity contribution < 1.29 is 9.18 Å². The average Bonchev–Trinajstić information content (AvgIpc) is 2.50. The van der Waals surface area contributed by atoms with Crippen LogP contribution in [0.5, 0.6) is 0 Å². The average molecular weight is 335 g/mol. The number of nitrogens with zero attached hydrogens (tertiary/aromatic N) is 1. The quantitative estimate of drug-likeness (QED) is 0.890. The summed E-state index contributed by atoms with van der Waals surface area (Å²) < 4.78 is 13.6. The summed E-state index contributed by atoms with van der Waals surface area (Å²) in [5.41, 5.74) is 1.44. The number of hydrogen-bond donors (Lipinski definition) is 1. The van der Waals surface area contributed by atoms with Crippen molar-refractivity contribution in [3.05, 3.63) is 64.4 Å². The monoisotopic (exact) mass is 334 g/mol. The second kappa shape index (κ2) is 7.83. The number of carbonyl (C=O) groups is 1. The molecule has 0 radical (unpaired) electrons. The topological polar surface area (TPSA) is 52.9 Å². The fourth-order valence-corrected chi connectivity index (χ4v) is 2.95. The van der Waals surface area contributed by atoms with E-state index in [2.05, 4.69) is 5.32 Å². The highest BCUT2D eigenvalue weighted by Gasteiger charge is 2.09. The molecule has 0 fully saturated rings. The molecule has 0 saturated carbocycles. The molecule has 2 aromatic rings. The number of nitriles is 1. The Kier molecular flexibility index (Phi) is 5.82. The van der Waals surface area contributed by atoms with E-state index in [-0.39, 0.29) is 17.5 Å². The number of anilines is 1. The van der Waals surface area contributed by atoms with Crippen LogP contribution in [0.3, 0.4) is 0 Å². The standard InChI is InChI=1S/C16H12ClFN2OS/c17-14-5-2-6-15(18)13(14)9-22-10-16(21)20-12-4-1-3-11(7-12)8-19/h1-7H,9-10H2,(H,20,21). The van der Waals surface area contributed by atoms with Crippen molar-refractivity contribution in [2.75, 3.05) is 11.1 Å². The first kappa shape index (κ1) is 16.3. The Morgan fingerprint density at radius 3 is 2.82 bits per heavy atom. The summed E-state index contributed by atoms with van der Waals surface area (Å²) in [5, 5.41) is 11.9. The van der Waals surface area contributed by atoms with Crippen LogP contribution in [0.15, 0.2) is 42.5 Å². The van der Waals surface area contributed by atoms with E-state index in [1.165, 1.54) is 17.8 Å². The highest BCUT2D eigenvalue weighted by molar-refractivity contribution is 7.99. The van der Waals surface area contributed by atoms with Gasteiger partial charge in [-0.05, 0) is 30.3 Å². The van der Waals surface area contributed by atoms with E-state index in [1.54, 1.807) is 36.4 Å². The normalized spacial score (nSPS) is 10.0. The molecule has 0 unspecified atom stereocenters. The molecule has 1 amide bonds. The van der Waals surface area contributed by atoms with Crippen molar-refractivity contribution in [1.82, 2.24) is 0 Å². The summed E-state index contributed by atoms with van der Waals surface area (Å²) in [5.74, 6) is -0.104. The number of hydrogen-bond acceptors (Lipinski definition) is 3. The maximum absolute atomic E-state index is 13.6. The molecule has 0 aliphatic rings. The number of benzene rings is 2. The van der Waals surface area contributed by atoms with Crippen molar-refractivity contribution in [1.29, 1.82) is 5.26 Å². The SMILES string of the molecule is N#Cc1cccc(NC(=O)CSCc2c(F)cccc2Cl)c1. The third-order valence-corrected chi connectivity index (χ3v) is 4.13. The molecule has 0 saturated heterocycles. The summed E-state index contributed by atoms with van der Waals surface area (Å²) in [6, 6.07) is 13.2. The minimum absolute atomic E-state index is 0.168. The molecule has 6 heteroatoms. The van der Waals surface area contributed by atoms with Gasteiger partial charge in [0.2, 0.25) is 5.91 Å². The molecule has 0 heterocycles. The van der Waals surface area contributed by atoms with Gasteiger partial charge in [0.1, 0.15) is 5.82 Å². The maximum atomic E-state index is 13.6. The van der Waals surface area contributed by atoms with Crippen LogP contribution in [0, 0.1) is 17.1 Å². The molecule has 0 spiro atoms. The van der Waals surface area contributed by atoms with Crippen LogP contribution in [-0.2, 0) is 10.5 Å². The molecule has 2 rings (SSSR count). The van der Waals surface area contributed by atoms with Crippen LogP contribution in [0.25, 0.3) is 0 Å². The zero-order valence-corrected chi connectivity index (χ0v) is 13.0. The molecule has 0 aromatic heterocycles. The lowest BCUT2D eigenvalue weighted by atomic mass is 10.2. The number of rotatable bonds is 5. The van der Waals surface area contributed by atoms with Gasteiger partial charge in [-0.15, -0.1) is 11.8 Å². The molecular weight excluding hydrogens is 323 g/mol. The minimum Gasteiger partial charge on any atom is -0.325 e. The minimum atomic E-state index is -0.373. The summed E-state index contributed by atoms with van der Waals surface area (Å²) in [7, 11) is 0. The first-order valence-electron chi connectivity index (χ1n) is 6.41. The van der Waals surface area contributed by atoms with Gasteiger partial charge in [0.15, 0.2) is 0 Å². The first-order valence-corrected chi connectivity index (χ1v) is 7.94. The summed E-state index contributed by atoms with van der Waals surface area (Å²) >= 11 is 7.19. The Hall–Kier alpha value is -2.03. The molecule has 22 heavy (non-hydrogen) atoms. The number of halogens is 2. The summed E-state index contributed by atoms with van der Waals surface area (Å²) in [4.78, 5) is 11.8. The summed E-state index contributed by atoms with van der Waals surface area (Å²) in [6.07, 6.45) is 0. The maximum Gasteiger partial charge on any atom is 0.234 e. The zero-order valence-electron chi connectivity index (χ0n) is 11.5. The number of nitrogens with one attached hydrogen (secondary N) is 1. The van der Waals surface area contributed by atoms with E-state index in [0.29, 0.717) is 27.6 Å². The second-order valence-corrected chi connectivity index (χ2v) is 5.83. The van der Waals surface area contributed by atoms with Gasteiger partial charge in [-0.3, -0.25) is 4.79 Å². The van der Waals surface area contributed by atoms with Crippen molar-refractivity contribution in [2.24, 2.45) is 0 Å². The molecule has 112 valence electrons. The van der Waals surface area contributed by atoms with E-state index in [4.69, 9.17) is 16.9 Å². The van der Waals surface area contributed by atoms with Crippen LogP contribution in [-0.4, -0.2) is 11.7 Å². The molecule has 0 aliphatic heterocycles. The highest BCUT2D eigenvalue weighted by atomic mass is 35.5. The summed E-state index contributed by atoms with van der Waals surface area (Å²) in [6.45, 7) is 0.